The zero-order chi connectivity index (χ0) is 21.2. The molecular weight excluding hydrogens is 397 g/mol. The molecule has 1 aliphatic carbocycles. The Labute approximate surface area is 177 Å². The number of furan rings is 1. The molecule has 0 unspecified atom stereocenters. The summed E-state index contributed by atoms with van der Waals surface area (Å²) in [6, 6.07) is 17.8. The van der Waals surface area contributed by atoms with Gasteiger partial charge in [0.1, 0.15) is 17.3 Å². The summed E-state index contributed by atoms with van der Waals surface area (Å²) in [5, 5.41) is 14.9. The molecule has 1 saturated carbocycles. The number of aromatic nitrogens is 4. The minimum absolute atomic E-state index is 0.136. The van der Waals surface area contributed by atoms with Gasteiger partial charge in [-0.2, -0.15) is 0 Å². The van der Waals surface area contributed by atoms with E-state index in [1.165, 1.54) is 6.07 Å². The third kappa shape index (κ3) is 4.23. The summed E-state index contributed by atoms with van der Waals surface area (Å²) in [7, 11) is 0. The molecule has 0 bridgehead atoms. The largest absolute Gasteiger partial charge is 0.461 e. The Kier molecular flexibility index (Phi) is 5.03. The van der Waals surface area contributed by atoms with Crippen molar-refractivity contribution in [1.29, 1.82) is 0 Å². The summed E-state index contributed by atoms with van der Waals surface area (Å²) in [6.45, 7) is 0. The van der Waals surface area contributed by atoms with E-state index in [1.807, 2.05) is 28.9 Å². The van der Waals surface area contributed by atoms with E-state index in [-0.39, 0.29) is 18.1 Å². The number of hydrogen-bond donors (Lipinski definition) is 1. The van der Waals surface area contributed by atoms with Crippen molar-refractivity contribution < 1.29 is 13.6 Å². The van der Waals surface area contributed by atoms with Gasteiger partial charge >= 0.3 is 0 Å². The number of rotatable bonds is 7. The van der Waals surface area contributed by atoms with Crippen LogP contribution in [0.15, 0.2) is 65.1 Å². The number of tetrazole rings is 1. The van der Waals surface area contributed by atoms with Crippen LogP contribution in [0.25, 0.3) is 22.7 Å². The third-order valence-electron chi connectivity index (χ3n) is 5.19. The number of carbonyl (C=O) groups excluding carboxylic acids is 1. The summed E-state index contributed by atoms with van der Waals surface area (Å²) in [4.78, 5) is 12.4. The smallest absolute Gasteiger partial charge is 0.224 e. The number of nitrogens with zero attached hydrogens (tertiary/aromatic N) is 4. The van der Waals surface area contributed by atoms with E-state index in [2.05, 4.69) is 20.8 Å². The number of nitrogens with one attached hydrogen (secondary N) is 1. The number of carbonyl (C=O) groups is 1. The second-order valence-electron chi connectivity index (χ2n) is 7.55. The molecule has 0 saturated heterocycles. The molecule has 0 aliphatic heterocycles. The first kappa shape index (κ1) is 19.2. The summed E-state index contributed by atoms with van der Waals surface area (Å²) >= 11 is 0. The Morgan fingerprint density at radius 2 is 2.00 bits per heavy atom. The fourth-order valence-electron chi connectivity index (χ4n) is 3.46. The molecule has 0 atom stereocenters. The zero-order valence-corrected chi connectivity index (χ0v) is 16.7. The van der Waals surface area contributed by atoms with E-state index in [1.54, 1.807) is 30.3 Å². The van der Waals surface area contributed by atoms with Crippen LogP contribution in [0.4, 0.5) is 10.1 Å². The van der Waals surface area contributed by atoms with Crippen molar-refractivity contribution in [2.45, 2.75) is 31.7 Å². The van der Waals surface area contributed by atoms with Crippen LogP contribution >= 0.6 is 0 Å². The lowest BCUT2D eigenvalue weighted by molar-refractivity contribution is -0.116. The van der Waals surface area contributed by atoms with Crippen LogP contribution in [-0.2, 0) is 11.2 Å². The van der Waals surface area contributed by atoms with Crippen molar-refractivity contribution in [1.82, 2.24) is 20.2 Å². The van der Waals surface area contributed by atoms with Crippen molar-refractivity contribution in [2.24, 2.45) is 0 Å². The quantitative estimate of drug-likeness (QED) is 0.473. The highest BCUT2D eigenvalue weighted by Crippen LogP contribution is 2.36. The molecule has 2 aromatic carbocycles. The number of amides is 1. The monoisotopic (exact) mass is 417 g/mol. The first-order valence-electron chi connectivity index (χ1n) is 10.2. The molecule has 0 radical (unpaired) electrons. The fourth-order valence-corrected chi connectivity index (χ4v) is 3.46. The van der Waals surface area contributed by atoms with E-state index in [0.29, 0.717) is 41.1 Å². The van der Waals surface area contributed by atoms with E-state index in [4.69, 9.17) is 4.42 Å². The number of halogens is 1. The average molecular weight is 417 g/mol. The first-order chi connectivity index (χ1) is 15.2. The molecule has 31 heavy (non-hydrogen) atoms. The van der Waals surface area contributed by atoms with Crippen LogP contribution in [0, 0.1) is 5.82 Å². The van der Waals surface area contributed by atoms with Crippen molar-refractivity contribution in [3.05, 3.63) is 72.2 Å². The molecule has 0 spiro atoms. The van der Waals surface area contributed by atoms with E-state index >= 15 is 0 Å². The van der Waals surface area contributed by atoms with Crippen LogP contribution < -0.4 is 5.32 Å². The lowest BCUT2D eigenvalue weighted by Gasteiger charge is -2.07. The zero-order valence-electron chi connectivity index (χ0n) is 16.7. The van der Waals surface area contributed by atoms with Crippen LogP contribution in [0.3, 0.4) is 0 Å². The predicted molar refractivity (Wildman–Crippen MR) is 113 cm³/mol. The van der Waals surface area contributed by atoms with Gasteiger partial charge in [0.2, 0.25) is 5.91 Å². The van der Waals surface area contributed by atoms with Crippen molar-refractivity contribution in [3.8, 4) is 22.7 Å². The Hall–Kier alpha value is -3.81. The normalized spacial score (nSPS) is 13.3. The van der Waals surface area contributed by atoms with Crippen LogP contribution in [-0.4, -0.2) is 26.1 Å². The van der Waals surface area contributed by atoms with Gasteiger partial charge in [-0.05, 0) is 59.7 Å². The molecule has 8 heteroatoms. The first-order valence-corrected chi connectivity index (χ1v) is 10.2. The Morgan fingerprint density at radius 3 is 2.84 bits per heavy atom. The molecule has 1 fully saturated rings. The maximum atomic E-state index is 13.9. The summed E-state index contributed by atoms with van der Waals surface area (Å²) < 4.78 is 21.5. The molecular formula is C23H20FN5O2. The van der Waals surface area contributed by atoms with Gasteiger partial charge in [-0.1, -0.05) is 24.3 Å². The molecule has 2 aromatic heterocycles. The van der Waals surface area contributed by atoms with Gasteiger partial charge in [-0.25, -0.2) is 9.07 Å². The molecule has 1 amide bonds. The maximum Gasteiger partial charge on any atom is 0.224 e. The van der Waals surface area contributed by atoms with E-state index in [9.17, 15) is 9.18 Å². The summed E-state index contributed by atoms with van der Waals surface area (Å²) in [6.07, 6.45) is 2.83. The lowest BCUT2D eigenvalue weighted by Crippen LogP contribution is -2.12. The lowest BCUT2D eigenvalue weighted by atomic mass is 10.1. The molecule has 2 heterocycles. The third-order valence-corrected chi connectivity index (χ3v) is 5.19. The molecule has 4 aromatic rings. The summed E-state index contributed by atoms with van der Waals surface area (Å²) in [5.74, 6) is 1.31. The number of anilines is 1. The van der Waals surface area contributed by atoms with Gasteiger partial charge in [0.15, 0.2) is 5.82 Å². The van der Waals surface area contributed by atoms with Gasteiger partial charge in [0.25, 0.3) is 0 Å². The minimum atomic E-state index is -0.339. The van der Waals surface area contributed by atoms with E-state index < -0.39 is 0 Å². The maximum absolute atomic E-state index is 13.9. The number of hydrogen-bond acceptors (Lipinski definition) is 5. The topological polar surface area (TPSA) is 85.8 Å². The van der Waals surface area contributed by atoms with Crippen LogP contribution in [0.1, 0.15) is 31.1 Å². The standard InChI is InChI=1S/C23H20FN5O2/c24-20-7-2-1-6-19(20)21-12-10-18(31-21)11-13-22(30)25-16-5-3-4-15(14-16)23-26-27-28-29(23)17-8-9-17/h1-7,10,12,14,17H,8-9,11,13H2,(H,25,30). The Balaban J connectivity index is 1.22. The average Bonchev–Trinajstić information content (AvgIpc) is 3.31. The molecule has 156 valence electrons. The highest BCUT2D eigenvalue weighted by Gasteiger charge is 2.28. The molecule has 1 aliphatic rings. The predicted octanol–water partition coefficient (Wildman–Crippen LogP) is 4.65. The molecule has 5 rings (SSSR count). The highest BCUT2D eigenvalue weighted by atomic mass is 19.1. The van der Waals surface area contributed by atoms with Gasteiger partial charge in [0, 0.05) is 24.1 Å². The minimum Gasteiger partial charge on any atom is -0.461 e. The van der Waals surface area contributed by atoms with Gasteiger partial charge in [-0.15, -0.1) is 5.10 Å². The Bertz CT molecular complexity index is 1230. The van der Waals surface area contributed by atoms with Crippen LogP contribution in [0.2, 0.25) is 0 Å². The van der Waals surface area contributed by atoms with Crippen molar-refractivity contribution in [3.63, 3.8) is 0 Å². The van der Waals surface area contributed by atoms with Crippen LogP contribution in [0.5, 0.6) is 0 Å². The second-order valence-corrected chi connectivity index (χ2v) is 7.55. The highest BCUT2D eigenvalue weighted by molar-refractivity contribution is 5.91. The van der Waals surface area contributed by atoms with Crippen molar-refractivity contribution >= 4 is 11.6 Å². The summed E-state index contributed by atoms with van der Waals surface area (Å²) in [5.41, 5.74) is 1.94. The fraction of sp³-hybridized carbons (Fsp3) is 0.217. The van der Waals surface area contributed by atoms with Crippen molar-refractivity contribution in [2.75, 3.05) is 5.32 Å². The number of benzene rings is 2. The van der Waals surface area contributed by atoms with Gasteiger partial charge in [-0.3, -0.25) is 4.79 Å². The Morgan fingerprint density at radius 1 is 1.13 bits per heavy atom. The molecule has 1 N–H and O–H groups in total. The van der Waals surface area contributed by atoms with Gasteiger partial charge < -0.3 is 9.73 Å². The second kappa shape index (κ2) is 8.14. The number of aryl methyl sites for hydroxylation is 1. The van der Waals surface area contributed by atoms with Gasteiger partial charge in [0.05, 0.1) is 11.6 Å². The SMILES string of the molecule is O=C(CCc1ccc(-c2ccccc2F)o1)Nc1cccc(-c2nnnn2C2CC2)c1. The van der Waals surface area contributed by atoms with E-state index in [0.717, 1.165) is 18.4 Å². The molecule has 7 nitrogen and oxygen atoms in total.